The van der Waals surface area contributed by atoms with Crippen molar-refractivity contribution in [2.75, 3.05) is 49.1 Å². The number of fused-ring (bicyclic) bond motifs is 2. The summed E-state index contributed by atoms with van der Waals surface area (Å²) in [7, 11) is 0. The molecule has 4 heterocycles. The second-order valence-corrected chi connectivity index (χ2v) is 12.3. The highest BCUT2D eigenvalue weighted by Crippen LogP contribution is 2.39. The number of piperazine rings is 1. The normalized spacial score (nSPS) is 20.4. The number of aromatic nitrogens is 2. The van der Waals surface area contributed by atoms with Crippen LogP contribution in [0.5, 0.6) is 6.01 Å². The fourth-order valence-corrected chi connectivity index (χ4v) is 6.93. The van der Waals surface area contributed by atoms with Crippen LogP contribution in [-0.4, -0.2) is 89.1 Å². The number of rotatable bonds is 7. The van der Waals surface area contributed by atoms with E-state index < -0.39 is 61.2 Å². The molecule has 0 radical (unpaired) electrons. The summed E-state index contributed by atoms with van der Waals surface area (Å²) >= 11 is 6.42. The summed E-state index contributed by atoms with van der Waals surface area (Å²) in [5.74, 6) is -5.46. The monoisotopic (exact) mass is 686 g/mol. The Morgan fingerprint density at radius 1 is 1.12 bits per heavy atom. The smallest absolute Gasteiger partial charge is 0.318 e. The van der Waals surface area contributed by atoms with Crippen LogP contribution in [0.1, 0.15) is 24.1 Å². The third-order valence-electron chi connectivity index (χ3n) is 8.89. The lowest BCUT2D eigenvalue weighted by atomic mass is 10.0. The van der Waals surface area contributed by atoms with E-state index in [0.717, 1.165) is 10.9 Å². The van der Waals surface area contributed by atoms with E-state index in [0.29, 0.717) is 40.5 Å². The van der Waals surface area contributed by atoms with Gasteiger partial charge in [-0.25, -0.2) is 17.6 Å². The summed E-state index contributed by atoms with van der Waals surface area (Å²) in [6, 6.07) is 8.31. The molecule has 0 spiro atoms. The summed E-state index contributed by atoms with van der Waals surface area (Å²) in [6.07, 6.45) is -2.20. The Kier molecular flexibility index (Phi) is 8.95. The van der Waals surface area contributed by atoms with Crippen LogP contribution in [0.15, 0.2) is 42.7 Å². The van der Waals surface area contributed by atoms with Gasteiger partial charge in [-0.1, -0.05) is 36.4 Å². The second kappa shape index (κ2) is 13.0. The lowest BCUT2D eigenvalue weighted by Gasteiger charge is -2.42. The van der Waals surface area contributed by atoms with Gasteiger partial charge >= 0.3 is 6.01 Å². The van der Waals surface area contributed by atoms with Crippen molar-refractivity contribution in [2.24, 2.45) is 0 Å². The maximum absolute atomic E-state index is 14.5. The zero-order valence-corrected chi connectivity index (χ0v) is 26.2. The Labute approximate surface area is 277 Å². The topological polar surface area (TPSA) is 129 Å². The molecule has 0 bridgehead atoms. The number of likely N-dealkylation sites (tertiary alicyclic amines) is 1. The van der Waals surface area contributed by atoms with Gasteiger partial charge in [-0.05, 0) is 23.9 Å². The van der Waals surface area contributed by atoms with Crippen LogP contribution in [0, 0.1) is 17.1 Å². The SMILES string of the molecule is C=C(F)C(=O)N1CCN(c2nc(OC[C@@H]3CC(F)(F)CN3C(=O)[O-])nc3c2CCN(c2cccc4ccc(F)c(Cl)c24)C3)C[C@@H]1CC#N. The third kappa shape index (κ3) is 6.36. The molecule has 2 fully saturated rings. The maximum atomic E-state index is 14.5. The molecule has 3 aromatic rings. The zero-order chi connectivity index (χ0) is 34.3. The molecule has 1 aromatic heterocycles. The minimum Gasteiger partial charge on any atom is -0.530 e. The van der Waals surface area contributed by atoms with Gasteiger partial charge in [0.25, 0.3) is 11.8 Å². The summed E-state index contributed by atoms with van der Waals surface area (Å²) in [4.78, 5) is 38.8. The number of amides is 2. The van der Waals surface area contributed by atoms with Crippen molar-refractivity contribution >= 4 is 45.9 Å². The maximum Gasteiger partial charge on any atom is 0.318 e. The first kappa shape index (κ1) is 33.1. The number of ether oxygens (including phenoxy) is 1. The first-order valence-electron chi connectivity index (χ1n) is 15.1. The molecule has 11 nitrogen and oxygen atoms in total. The fourth-order valence-electron chi connectivity index (χ4n) is 6.66. The van der Waals surface area contributed by atoms with Gasteiger partial charge in [-0.2, -0.15) is 15.2 Å². The molecule has 0 unspecified atom stereocenters. The van der Waals surface area contributed by atoms with Gasteiger partial charge in [0, 0.05) is 49.2 Å². The second-order valence-electron chi connectivity index (χ2n) is 11.9. The van der Waals surface area contributed by atoms with Crippen LogP contribution in [-0.2, 0) is 17.8 Å². The van der Waals surface area contributed by atoms with Crippen molar-refractivity contribution in [1.29, 1.82) is 5.26 Å². The number of carbonyl (C=O) groups excluding carboxylic acids is 2. The van der Waals surface area contributed by atoms with E-state index in [9.17, 15) is 37.5 Å². The molecule has 252 valence electrons. The van der Waals surface area contributed by atoms with Crippen molar-refractivity contribution in [3.8, 4) is 12.1 Å². The quantitative estimate of drug-likeness (QED) is 0.269. The Morgan fingerprint density at radius 3 is 2.65 bits per heavy atom. The van der Waals surface area contributed by atoms with E-state index in [1.54, 1.807) is 6.07 Å². The molecule has 0 N–H and O–H groups in total. The zero-order valence-electron chi connectivity index (χ0n) is 25.5. The molecule has 6 rings (SSSR count). The molecular formula is C32H29ClF4N7O4-. The van der Waals surface area contributed by atoms with Crippen LogP contribution in [0.3, 0.4) is 0 Å². The Balaban J connectivity index is 1.35. The Bertz CT molecular complexity index is 1840. The van der Waals surface area contributed by atoms with Gasteiger partial charge in [0.05, 0.1) is 48.4 Å². The first-order chi connectivity index (χ1) is 22.9. The van der Waals surface area contributed by atoms with E-state index in [1.165, 1.54) is 11.0 Å². The summed E-state index contributed by atoms with van der Waals surface area (Å²) in [5.41, 5.74) is 1.90. The molecule has 0 saturated carbocycles. The average molecular weight is 687 g/mol. The number of anilines is 2. The Hall–Kier alpha value is -4.84. The van der Waals surface area contributed by atoms with Gasteiger partial charge in [0.1, 0.15) is 24.3 Å². The molecule has 2 saturated heterocycles. The highest BCUT2D eigenvalue weighted by molar-refractivity contribution is 6.36. The largest absolute Gasteiger partial charge is 0.530 e. The third-order valence-corrected chi connectivity index (χ3v) is 9.26. The number of carboxylic acid groups (broad SMARTS) is 1. The van der Waals surface area contributed by atoms with Crippen molar-refractivity contribution in [3.63, 3.8) is 0 Å². The van der Waals surface area contributed by atoms with Crippen LogP contribution in [0.25, 0.3) is 10.8 Å². The van der Waals surface area contributed by atoms with Crippen molar-refractivity contribution in [2.45, 2.75) is 43.8 Å². The van der Waals surface area contributed by atoms with Crippen molar-refractivity contribution in [3.05, 3.63) is 64.8 Å². The van der Waals surface area contributed by atoms with Gasteiger partial charge in [-0.3, -0.25) is 4.79 Å². The minimum atomic E-state index is -3.26. The number of carbonyl (C=O) groups is 2. The number of hydrogen-bond donors (Lipinski definition) is 0. The van der Waals surface area contributed by atoms with E-state index in [2.05, 4.69) is 16.5 Å². The lowest BCUT2D eigenvalue weighted by Crippen LogP contribution is -2.55. The highest BCUT2D eigenvalue weighted by Gasteiger charge is 2.45. The number of nitrogens with zero attached hydrogens (tertiary/aromatic N) is 7. The van der Waals surface area contributed by atoms with Crippen LogP contribution < -0.4 is 19.6 Å². The minimum absolute atomic E-state index is 0.0287. The van der Waals surface area contributed by atoms with Crippen LogP contribution >= 0.6 is 11.6 Å². The van der Waals surface area contributed by atoms with Gasteiger partial charge < -0.3 is 34.2 Å². The predicted molar refractivity (Wildman–Crippen MR) is 165 cm³/mol. The van der Waals surface area contributed by atoms with Crippen molar-refractivity contribution < 1.29 is 37.0 Å². The van der Waals surface area contributed by atoms with Crippen LogP contribution in [0.4, 0.5) is 33.9 Å². The molecule has 16 heteroatoms. The molecule has 3 aliphatic rings. The lowest BCUT2D eigenvalue weighted by molar-refractivity contribution is -0.267. The number of halogens is 5. The fraction of sp³-hybridized carbons (Fsp3) is 0.406. The summed E-state index contributed by atoms with van der Waals surface area (Å²) < 4.78 is 62.4. The summed E-state index contributed by atoms with van der Waals surface area (Å²) in [6.45, 7) is 2.64. The Morgan fingerprint density at radius 2 is 1.92 bits per heavy atom. The number of nitriles is 1. The molecule has 2 amide bonds. The molecule has 48 heavy (non-hydrogen) atoms. The molecule has 0 aliphatic carbocycles. The van der Waals surface area contributed by atoms with E-state index in [4.69, 9.17) is 16.3 Å². The molecule has 2 aromatic carbocycles. The first-order valence-corrected chi connectivity index (χ1v) is 15.5. The van der Waals surface area contributed by atoms with E-state index in [-0.39, 0.29) is 43.6 Å². The van der Waals surface area contributed by atoms with Gasteiger partial charge in [0.2, 0.25) is 0 Å². The molecule has 2 atom stereocenters. The van der Waals surface area contributed by atoms with Gasteiger partial charge in [-0.15, -0.1) is 0 Å². The number of benzene rings is 2. The van der Waals surface area contributed by atoms with E-state index in [1.807, 2.05) is 34.1 Å². The van der Waals surface area contributed by atoms with Crippen LogP contribution in [0.2, 0.25) is 5.02 Å². The average Bonchev–Trinajstić information content (AvgIpc) is 3.38. The predicted octanol–water partition coefficient (Wildman–Crippen LogP) is 3.83. The molecule has 3 aliphatic heterocycles. The molecular weight excluding hydrogens is 658 g/mol. The number of hydrogen-bond acceptors (Lipinski definition) is 9. The summed E-state index contributed by atoms with van der Waals surface area (Å²) in [5, 5.41) is 22.2. The van der Waals surface area contributed by atoms with Gasteiger partial charge in [0.15, 0.2) is 5.83 Å². The standard InChI is InChI=1S/C32H30ClF4N7O4/c1-18(34)29(45)43-12-11-42(14-20(43)7-9-38)28-22-8-10-41(25-4-2-3-19-5-6-23(35)27(33)26(19)25)15-24(22)39-30(40-28)48-16-21-13-32(36,37)17-44(21)31(46)47/h2-6,20-21H,1,7-8,10-17H2,(H,46,47)/p-1/t20-,21-/m0/s1. The van der Waals surface area contributed by atoms with E-state index >= 15 is 0 Å². The number of alkyl halides is 2. The van der Waals surface area contributed by atoms with Crippen molar-refractivity contribution in [1.82, 2.24) is 19.8 Å². The highest BCUT2D eigenvalue weighted by atomic mass is 35.5.